The van der Waals surface area contributed by atoms with E-state index in [1.807, 2.05) is 19.9 Å². The number of aromatic nitrogens is 2. The summed E-state index contributed by atoms with van der Waals surface area (Å²) in [6.45, 7) is 4.76. The Morgan fingerprint density at radius 1 is 1.40 bits per heavy atom. The smallest absolute Gasteiger partial charge is 0.338 e. The van der Waals surface area contributed by atoms with Crippen LogP contribution >= 0.6 is 0 Å². The third-order valence-corrected chi connectivity index (χ3v) is 4.26. The first-order chi connectivity index (χ1) is 11.8. The van der Waals surface area contributed by atoms with Crippen LogP contribution in [0, 0.1) is 0 Å². The maximum atomic E-state index is 12.2. The van der Waals surface area contributed by atoms with E-state index >= 15 is 0 Å². The van der Waals surface area contributed by atoms with E-state index in [0.717, 1.165) is 11.1 Å². The molecular formula is C17H20N4O4. The topological polar surface area (TPSA) is 122 Å². The summed E-state index contributed by atoms with van der Waals surface area (Å²) >= 11 is 0. The van der Waals surface area contributed by atoms with Crippen molar-refractivity contribution in [1.82, 2.24) is 9.78 Å². The fraction of sp³-hybridized carbons (Fsp3) is 0.353. The van der Waals surface area contributed by atoms with Gasteiger partial charge in [0.2, 0.25) is 0 Å². The first kappa shape index (κ1) is 17.0. The molecule has 0 atom stereocenters. The van der Waals surface area contributed by atoms with Crippen molar-refractivity contribution in [1.29, 1.82) is 0 Å². The number of anilines is 1. The maximum absolute atomic E-state index is 12.2. The molecule has 1 amide bonds. The number of hydrogen-bond acceptors (Lipinski definition) is 6. The van der Waals surface area contributed by atoms with E-state index in [4.69, 9.17) is 20.9 Å². The Morgan fingerprint density at radius 3 is 2.84 bits per heavy atom. The SMILES string of the molecule is CC1(C)OCc2cc(C(=O)OCCn3ncc(C(N)=O)c3N)ccc21. The number of rotatable bonds is 5. The van der Waals surface area contributed by atoms with Crippen molar-refractivity contribution in [3.05, 3.63) is 46.6 Å². The molecule has 0 saturated carbocycles. The number of ether oxygens (including phenoxy) is 2. The van der Waals surface area contributed by atoms with Gasteiger partial charge in [0.05, 0.1) is 30.5 Å². The lowest BCUT2D eigenvalue weighted by Gasteiger charge is -2.18. The lowest BCUT2D eigenvalue weighted by atomic mass is 9.95. The van der Waals surface area contributed by atoms with Crippen molar-refractivity contribution in [3.63, 3.8) is 0 Å². The first-order valence-electron chi connectivity index (χ1n) is 7.85. The number of carbonyl (C=O) groups is 2. The number of fused-ring (bicyclic) bond motifs is 1. The van der Waals surface area contributed by atoms with Crippen molar-refractivity contribution in [2.24, 2.45) is 5.73 Å². The van der Waals surface area contributed by atoms with Gasteiger partial charge in [0.25, 0.3) is 5.91 Å². The minimum atomic E-state index is -0.649. The van der Waals surface area contributed by atoms with Crippen molar-refractivity contribution in [3.8, 4) is 0 Å². The highest BCUT2D eigenvalue weighted by Gasteiger charge is 2.31. The third-order valence-electron chi connectivity index (χ3n) is 4.26. The minimum absolute atomic E-state index is 0.0714. The van der Waals surface area contributed by atoms with Gasteiger partial charge in [-0.15, -0.1) is 0 Å². The van der Waals surface area contributed by atoms with Gasteiger partial charge >= 0.3 is 5.97 Å². The molecule has 0 unspecified atom stereocenters. The summed E-state index contributed by atoms with van der Waals surface area (Å²) in [5.41, 5.74) is 13.3. The summed E-state index contributed by atoms with van der Waals surface area (Å²) in [5, 5.41) is 3.95. The van der Waals surface area contributed by atoms with E-state index < -0.39 is 11.9 Å². The zero-order chi connectivity index (χ0) is 18.2. The number of benzene rings is 1. The Morgan fingerprint density at radius 2 is 2.16 bits per heavy atom. The molecule has 1 aromatic carbocycles. The second-order valence-corrected chi connectivity index (χ2v) is 6.34. The molecule has 0 radical (unpaired) electrons. The molecule has 0 saturated heterocycles. The Balaban J connectivity index is 1.61. The molecule has 0 fully saturated rings. The van der Waals surface area contributed by atoms with Gasteiger partial charge in [0.15, 0.2) is 0 Å². The Hall–Kier alpha value is -2.87. The summed E-state index contributed by atoms with van der Waals surface area (Å²) < 4.78 is 12.3. The van der Waals surface area contributed by atoms with E-state index in [9.17, 15) is 9.59 Å². The summed E-state index contributed by atoms with van der Waals surface area (Å²) in [6.07, 6.45) is 1.29. The number of nitrogen functional groups attached to an aromatic ring is 1. The number of amides is 1. The highest BCUT2D eigenvalue weighted by molar-refractivity contribution is 5.96. The quantitative estimate of drug-likeness (QED) is 0.785. The molecule has 4 N–H and O–H groups in total. The second-order valence-electron chi connectivity index (χ2n) is 6.34. The second kappa shape index (κ2) is 6.21. The van der Waals surface area contributed by atoms with Gasteiger partial charge < -0.3 is 20.9 Å². The summed E-state index contributed by atoms with van der Waals surface area (Å²) in [6, 6.07) is 5.41. The number of nitrogens with zero attached hydrogens (tertiary/aromatic N) is 2. The molecule has 1 aliphatic rings. The molecule has 0 bridgehead atoms. The summed E-state index contributed by atoms with van der Waals surface area (Å²) in [7, 11) is 0. The van der Waals surface area contributed by atoms with Crippen LogP contribution in [0.15, 0.2) is 24.4 Å². The van der Waals surface area contributed by atoms with Crippen LogP contribution in [-0.2, 0) is 28.2 Å². The fourth-order valence-electron chi connectivity index (χ4n) is 2.83. The van der Waals surface area contributed by atoms with Crippen LogP contribution in [0.25, 0.3) is 0 Å². The molecule has 2 aromatic rings. The predicted octanol–water partition coefficient (Wildman–Crippen LogP) is 1.19. The number of hydrogen-bond donors (Lipinski definition) is 2. The first-order valence-corrected chi connectivity index (χ1v) is 7.85. The van der Waals surface area contributed by atoms with Gasteiger partial charge in [-0.3, -0.25) is 4.79 Å². The van der Waals surface area contributed by atoms with Crippen LogP contribution in [0.4, 0.5) is 5.82 Å². The molecule has 132 valence electrons. The minimum Gasteiger partial charge on any atom is -0.460 e. The third kappa shape index (κ3) is 3.20. The van der Waals surface area contributed by atoms with Gasteiger partial charge in [-0.2, -0.15) is 5.10 Å². The number of primary amides is 1. The normalized spacial score (nSPS) is 15.0. The molecular weight excluding hydrogens is 324 g/mol. The Kier molecular flexibility index (Phi) is 4.22. The van der Waals surface area contributed by atoms with Crippen molar-refractivity contribution in [2.45, 2.75) is 32.6 Å². The monoisotopic (exact) mass is 344 g/mol. The molecule has 8 nitrogen and oxygen atoms in total. The molecule has 25 heavy (non-hydrogen) atoms. The zero-order valence-corrected chi connectivity index (χ0v) is 14.1. The van der Waals surface area contributed by atoms with Crippen LogP contribution in [0.3, 0.4) is 0 Å². The molecule has 0 aliphatic carbocycles. The summed E-state index contributed by atoms with van der Waals surface area (Å²) in [5.74, 6) is -0.933. The fourth-order valence-corrected chi connectivity index (χ4v) is 2.83. The van der Waals surface area contributed by atoms with Gasteiger partial charge in [0.1, 0.15) is 18.0 Å². The van der Waals surface area contributed by atoms with Crippen LogP contribution in [-0.4, -0.2) is 28.3 Å². The van der Waals surface area contributed by atoms with Crippen molar-refractivity contribution < 1.29 is 19.1 Å². The lowest BCUT2D eigenvalue weighted by Crippen LogP contribution is -2.17. The molecule has 0 spiro atoms. The highest BCUT2D eigenvalue weighted by atomic mass is 16.5. The number of esters is 1. The molecule has 8 heteroatoms. The zero-order valence-electron chi connectivity index (χ0n) is 14.1. The molecule has 3 rings (SSSR count). The van der Waals surface area contributed by atoms with Crippen LogP contribution in [0.5, 0.6) is 0 Å². The van der Waals surface area contributed by atoms with E-state index in [2.05, 4.69) is 5.10 Å². The average Bonchev–Trinajstić information content (AvgIpc) is 3.07. The number of carbonyl (C=O) groups excluding carboxylic acids is 2. The van der Waals surface area contributed by atoms with E-state index in [-0.39, 0.29) is 30.1 Å². The molecule has 1 aromatic heterocycles. The largest absolute Gasteiger partial charge is 0.460 e. The highest BCUT2D eigenvalue weighted by Crippen LogP contribution is 2.36. The van der Waals surface area contributed by atoms with Crippen molar-refractivity contribution in [2.75, 3.05) is 12.3 Å². The van der Waals surface area contributed by atoms with Gasteiger partial charge in [-0.25, -0.2) is 9.48 Å². The van der Waals surface area contributed by atoms with Crippen LogP contribution in [0.1, 0.15) is 45.7 Å². The van der Waals surface area contributed by atoms with E-state index in [1.165, 1.54) is 10.9 Å². The van der Waals surface area contributed by atoms with Gasteiger partial charge in [0, 0.05) is 0 Å². The molecule has 2 heterocycles. The molecule has 1 aliphatic heterocycles. The van der Waals surface area contributed by atoms with Gasteiger partial charge in [-0.05, 0) is 37.1 Å². The van der Waals surface area contributed by atoms with Crippen molar-refractivity contribution >= 4 is 17.7 Å². The lowest BCUT2D eigenvalue weighted by molar-refractivity contribution is -0.00789. The predicted molar refractivity (Wildman–Crippen MR) is 89.7 cm³/mol. The maximum Gasteiger partial charge on any atom is 0.338 e. The van der Waals surface area contributed by atoms with Gasteiger partial charge in [-0.1, -0.05) is 6.07 Å². The van der Waals surface area contributed by atoms with Crippen LogP contribution < -0.4 is 11.5 Å². The van der Waals surface area contributed by atoms with Crippen LogP contribution in [0.2, 0.25) is 0 Å². The number of nitrogens with two attached hydrogens (primary N) is 2. The van der Waals surface area contributed by atoms with E-state index in [1.54, 1.807) is 12.1 Å². The van der Waals surface area contributed by atoms with E-state index in [0.29, 0.717) is 12.2 Å². The standard InChI is InChI=1S/C17H20N4O4/c1-17(2)13-4-3-10(7-11(13)9-25-17)16(23)24-6-5-21-14(18)12(8-20-21)15(19)22/h3-4,7-8H,5-6,9,18H2,1-2H3,(H2,19,22). The average molecular weight is 344 g/mol. The Labute approximate surface area is 144 Å². The Bertz CT molecular complexity index is 841. The summed E-state index contributed by atoms with van der Waals surface area (Å²) in [4.78, 5) is 23.3.